The van der Waals surface area contributed by atoms with Gasteiger partial charge in [0, 0.05) is 10.6 Å². The Morgan fingerprint density at radius 3 is 2.59 bits per heavy atom. The monoisotopic (exact) mass is 393 g/mol. The maximum Gasteiger partial charge on any atom is 0.290 e. The van der Waals surface area contributed by atoms with Crippen LogP contribution in [0, 0.1) is 13.8 Å². The number of rotatable bonds is 4. The fourth-order valence-electron chi connectivity index (χ4n) is 2.88. The summed E-state index contributed by atoms with van der Waals surface area (Å²) in [6.07, 6.45) is 0. The van der Waals surface area contributed by atoms with Crippen LogP contribution in [0.2, 0.25) is 0 Å². The zero-order chi connectivity index (χ0) is 19.0. The molecule has 0 aliphatic heterocycles. The Hall–Kier alpha value is -2.57. The molecule has 2 N–H and O–H groups in total. The lowest BCUT2D eigenvalue weighted by atomic mass is 10.1. The molecule has 0 amide bonds. The molecule has 0 aliphatic rings. The molecule has 2 aromatic heterocycles. The maximum atomic E-state index is 12.7. The maximum absolute atomic E-state index is 12.7. The highest BCUT2D eigenvalue weighted by atomic mass is 32.2. The van der Waals surface area contributed by atoms with Gasteiger partial charge in [-0.25, -0.2) is 9.66 Å². The number of benzene rings is 2. The van der Waals surface area contributed by atoms with E-state index in [1.165, 1.54) is 39.8 Å². The summed E-state index contributed by atoms with van der Waals surface area (Å²) in [4.78, 5) is 18.4. The Morgan fingerprint density at radius 2 is 1.85 bits per heavy atom. The molecular weight excluding hydrogens is 374 g/mol. The average molecular weight is 394 g/mol. The Kier molecular flexibility index (Phi) is 4.76. The van der Waals surface area contributed by atoms with Crippen LogP contribution in [0.25, 0.3) is 20.7 Å². The van der Waals surface area contributed by atoms with Gasteiger partial charge in [0.1, 0.15) is 4.70 Å². The summed E-state index contributed by atoms with van der Waals surface area (Å²) < 4.78 is 1.76. The third-order valence-electron chi connectivity index (χ3n) is 4.33. The number of nitrogens with zero attached hydrogens (tertiary/aromatic N) is 2. The fraction of sp³-hybridized carbons (Fsp3) is 0.143. The van der Waals surface area contributed by atoms with E-state index in [4.69, 9.17) is 5.84 Å². The molecule has 0 fully saturated rings. The third kappa shape index (κ3) is 3.63. The van der Waals surface area contributed by atoms with Crippen molar-refractivity contribution in [2.45, 2.75) is 24.8 Å². The molecule has 0 unspecified atom stereocenters. The molecule has 136 valence electrons. The molecule has 6 heteroatoms. The number of hydrogen-bond donors (Lipinski definition) is 1. The van der Waals surface area contributed by atoms with Crippen molar-refractivity contribution < 1.29 is 0 Å². The molecule has 0 saturated carbocycles. The van der Waals surface area contributed by atoms with E-state index in [0.717, 1.165) is 15.1 Å². The smallest absolute Gasteiger partial charge is 0.290 e. The summed E-state index contributed by atoms with van der Waals surface area (Å²) in [6, 6.07) is 18.5. The highest BCUT2D eigenvalue weighted by Crippen LogP contribution is 2.32. The van der Waals surface area contributed by atoms with E-state index in [1.807, 2.05) is 12.1 Å². The van der Waals surface area contributed by atoms with Gasteiger partial charge in [-0.3, -0.25) is 4.79 Å². The van der Waals surface area contributed by atoms with Gasteiger partial charge in [0.2, 0.25) is 0 Å². The highest BCUT2D eigenvalue weighted by Gasteiger charge is 2.14. The molecule has 2 aromatic carbocycles. The van der Waals surface area contributed by atoms with Gasteiger partial charge in [-0.1, -0.05) is 71.4 Å². The number of hydrogen-bond acceptors (Lipinski definition) is 5. The number of aryl methyl sites for hydroxylation is 2. The van der Waals surface area contributed by atoms with E-state index in [2.05, 4.69) is 61.3 Å². The van der Waals surface area contributed by atoms with Gasteiger partial charge in [-0.05, 0) is 31.0 Å². The summed E-state index contributed by atoms with van der Waals surface area (Å²) in [5.41, 5.74) is 5.18. The van der Waals surface area contributed by atoms with E-state index < -0.39 is 0 Å². The molecule has 0 bridgehead atoms. The number of fused-ring (bicyclic) bond motifs is 1. The first-order chi connectivity index (χ1) is 13.0. The van der Waals surface area contributed by atoms with E-state index in [1.54, 1.807) is 0 Å². The van der Waals surface area contributed by atoms with Gasteiger partial charge >= 0.3 is 0 Å². The van der Waals surface area contributed by atoms with Crippen LogP contribution in [-0.4, -0.2) is 9.66 Å². The Labute approximate surface area is 165 Å². The Morgan fingerprint density at radius 1 is 1.07 bits per heavy atom. The molecule has 2 heterocycles. The quantitative estimate of drug-likeness (QED) is 0.309. The zero-order valence-electron chi connectivity index (χ0n) is 15.1. The highest BCUT2D eigenvalue weighted by molar-refractivity contribution is 7.98. The first kappa shape index (κ1) is 17.8. The number of nitrogens with two attached hydrogens (primary N) is 1. The number of nitrogen functional groups attached to an aromatic ring is 1. The SMILES string of the molecule is Cc1ccc(-c2cc3nc(SCc4cccc(C)c4)n(N)c(=O)c3s2)cc1. The van der Waals surface area contributed by atoms with Crippen molar-refractivity contribution in [3.63, 3.8) is 0 Å². The Bertz CT molecular complexity index is 1180. The standard InChI is InChI=1S/C21H19N3OS2/c1-13-6-8-16(9-7-13)18-11-17-19(27-18)20(25)24(22)21(23-17)26-12-15-5-3-4-14(2)10-15/h3-11H,12,22H2,1-2H3. The van der Waals surface area contributed by atoms with Crippen LogP contribution in [0.3, 0.4) is 0 Å². The van der Waals surface area contributed by atoms with Crippen molar-refractivity contribution >= 4 is 33.3 Å². The van der Waals surface area contributed by atoms with Crippen LogP contribution in [-0.2, 0) is 5.75 Å². The number of aromatic nitrogens is 2. The first-order valence-electron chi connectivity index (χ1n) is 8.58. The lowest BCUT2D eigenvalue weighted by Gasteiger charge is -2.07. The summed E-state index contributed by atoms with van der Waals surface area (Å²) in [5.74, 6) is 6.75. The largest absolute Gasteiger partial charge is 0.334 e. The predicted octanol–water partition coefficient (Wildman–Crippen LogP) is 4.75. The molecule has 0 atom stereocenters. The molecule has 0 saturated heterocycles. The lowest BCUT2D eigenvalue weighted by Crippen LogP contribution is -2.29. The van der Waals surface area contributed by atoms with Crippen LogP contribution in [0.1, 0.15) is 16.7 Å². The normalized spacial score (nSPS) is 11.2. The van der Waals surface area contributed by atoms with Gasteiger partial charge in [-0.2, -0.15) is 0 Å². The van der Waals surface area contributed by atoms with Crippen molar-refractivity contribution in [1.29, 1.82) is 0 Å². The molecule has 0 aliphatic carbocycles. The van der Waals surface area contributed by atoms with Crippen molar-refractivity contribution in [2.75, 3.05) is 5.84 Å². The van der Waals surface area contributed by atoms with Crippen LogP contribution in [0.5, 0.6) is 0 Å². The molecule has 0 spiro atoms. The van der Waals surface area contributed by atoms with E-state index in [-0.39, 0.29) is 5.56 Å². The molecule has 4 nitrogen and oxygen atoms in total. The van der Waals surface area contributed by atoms with Gasteiger partial charge < -0.3 is 5.84 Å². The second-order valence-corrected chi connectivity index (χ2v) is 8.53. The van der Waals surface area contributed by atoms with E-state index in [9.17, 15) is 4.79 Å². The second kappa shape index (κ2) is 7.21. The summed E-state index contributed by atoms with van der Waals surface area (Å²) in [7, 11) is 0. The minimum Gasteiger partial charge on any atom is -0.334 e. The van der Waals surface area contributed by atoms with Gasteiger partial charge in [0.15, 0.2) is 5.16 Å². The first-order valence-corrected chi connectivity index (χ1v) is 10.4. The third-order valence-corrected chi connectivity index (χ3v) is 6.52. The van der Waals surface area contributed by atoms with Crippen LogP contribution in [0.4, 0.5) is 0 Å². The van der Waals surface area contributed by atoms with Crippen molar-refractivity contribution in [3.8, 4) is 10.4 Å². The molecule has 0 radical (unpaired) electrons. The molecule has 27 heavy (non-hydrogen) atoms. The van der Waals surface area contributed by atoms with Gasteiger partial charge in [-0.15, -0.1) is 11.3 Å². The van der Waals surface area contributed by atoms with E-state index >= 15 is 0 Å². The topological polar surface area (TPSA) is 60.9 Å². The second-order valence-electron chi connectivity index (χ2n) is 6.54. The van der Waals surface area contributed by atoms with Crippen LogP contribution >= 0.6 is 23.1 Å². The average Bonchev–Trinajstić information content (AvgIpc) is 3.08. The summed E-state index contributed by atoms with van der Waals surface area (Å²) >= 11 is 2.91. The fourth-order valence-corrected chi connectivity index (χ4v) is 4.78. The minimum absolute atomic E-state index is 0.199. The molecular formula is C21H19N3OS2. The number of thioether (sulfide) groups is 1. The van der Waals surface area contributed by atoms with Gasteiger partial charge in [0.25, 0.3) is 5.56 Å². The summed E-state index contributed by atoms with van der Waals surface area (Å²) in [6.45, 7) is 4.12. The predicted molar refractivity (Wildman–Crippen MR) is 115 cm³/mol. The van der Waals surface area contributed by atoms with Crippen LogP contribution in [0.15, 0.2) is 64.5 Å². The zero-order valence-corrected chi connectivity index (χ0v) is 16.7. The van der Waals surface area contributed by atoms with Crippen molar-refractivity contribution in [1.82, 2.24) is 9.66 Å². The van der Waals surface area contributed by atoms with Crippen molar-refractivity contribution in [2.24, 2.45) is 0 Å². The molecule has 4 aromatic rings. The van der Waals surface area contributed by atoms with Crippen LogP contribution < -0.4 is 11.4 Å². The molecule has 4 rings (SSSR count). The summed E-state index contributed by atoms with van der Waals surface area (Å²) in [5, 5.41) is 0.530. The number of thiophene rings is 1. The Balaban J connectivity index is 1.69. The lowest BCUT2D eigenvalue weighted by molar-refractivity contribution is 0.781. The van der Waals surface area contributed by atoms with Gasteiger partial charge in [0.05, 0.1) is 5.52 Å². The minimum atomic E-state index is -0.199. The van der Waals surface area contributed by atoms with Crippen molar-refractivity contribution in [3.05, 3.63) is 81.6 Å². The van der Waals surface area contributed by atoms with E-state index in [0.29, 0.717) is 21.1 Å².